The zero-order valence-electron chi connectivity index (χ0n) is 14.8. The molecule has 0 nitrogen and oxygen atoms in total. The molecule has 3 aromatic carbocycles. The monoisotopic (exact) mass is 312 g/mol. The molecule has 0 aliphatic heterocycles. The van der Waals surface area contributed by atoms with E-state index in [1.54, 1.807) is 0 Å². The molecule has 120 valence electrons. The average molecular weight is 312 g/mol. The third-order valence-corrected chi connectivity index (χ3v) is 5.23. The molecule has 0 N–H and O–H groups in total. The fraction of sp³-hybridized carbons (Fsp3) is 0.250. The number of hydrogen-bond acceptors (Lipinski definition) is 0. The van der Waals surface area contributed by atoms with Crippen molar-refractivity contribution in [3.05, 3.63) is 105 Å². The van der Waals surface area contributed by atoms with Crippen LogP contribution in [0.3, 0.4) is 0 Å². The lowest BCUT2D eigenvalue weighted by atomic mass is 9.93. The summed E-state index contributed by atoms with van der Waals surface area (Å²) in [4.78, 5) is 0. The molecule has 0 bridgehead atoms. The second-order valence-electron chi connectivity index (χ2n) is 7.35. The maximum absolute atomic E-state index is 2.37. The second kappa shape index (κ2) is 5.94. The Morgan fingerprint density at radius 2 is 0.708 bits per heavy atom. The first-order chi connectivity index (χ1) is 11.6. The minimum atomic E-state index is 1.04. The first-order valence-corrected chi connectivity index (χ1v) is 8.84. The van der Waals surface area contributed by atoms with Gasteiger partial charge in [-0.1, -0.05) is 71.3 Å². The Morgan fingerprint density at radius 1 is 0.417 bits per heavy atom. The summed E-state index contributed by atoms with van der Waals surface area (Å²) in [5, 5.41) is 0. The summed E-state index contributed by atoms with van der Waals surface area (Å²) in [7, 11) is 0. The fourth-order valence-corrected chi connectivity index (χ4v) is 3.89. The molecule has 0 saturated carbocycles. The van der Waals surface area contributed by atoms with Crippen LogP contribution in [-0.4, -0.2) is 0 Å². The topological polar surface area (TPSA) is 0 Å². The van der Waals surface area contributed by atoms with E-state index in [4.69, 9.17) is 0 Å². The fourth-order valence-electron chi connectivity index (χ4n) is 3.89. The highest BCUT2D eigenvalue weighted by molar-refractivity contribution is 5.47. The predicted molar refractivity (Wildman–Crippen MR) is 102 cm³/mol. The highest BCUT2D eigenvalue weighted by Gasteiger charge is 2.15. The molecular weight excluding hydrogens is 288 g/mol. The quantitative estimate of drug-likeness (QED) is 0.391. The van der Waals surface area contributed by atoms with Crippen LogP contribution in [0.4, 0.5) is 0 Å². The SMILES string of the molecule is Cc1ccc2c(c1)Cc1ccc(C)cc1Cc1ccc(C)cc1C2. The maximum atomic E-state index is 2.37. The van der Waals surface area contributed by atoms with Crippen LogP contribution in [0.1, 0.15) is 50.1 Å². The van der Waals surface area contributed by atoms with Gasteiger partial charge in [-0.05, 0) is 73.4 Å². The van der Waals surface area contributed by atoms with E-state index in [2.05, 4.69) is 75.4 Å². The van der Waals surface area contributed by atoms with Gasteiger partial charge < -0.3 is 0 Å². The summed E-state index contributed by atoms with van der Waals surface area (Å²) in [5.74, 6) is 0. The number of hydrogen-bond donors (Lipinski definition) is 0. The van der Waals surface area contributed by atoms with Crippen LogP contribution in [-0.2, 0) is 19.3 Å². The average Bonchev–Trinajstić information content (AvgIpc) is 2.60. The molecule has 0 unspecified atom stereocenters. The number of aryl methyl sites for hydroxylation is 3. The van der Waals surface area contributed by atoms with Gasteiger partial charge in [0.1, 0.15) is 0 Å². The van der Waals surface area contributed by atoms with Crippen molar-refractivity contribution in [1.29, 1.82) is 0 Å². The first kappa shape index (κ1) is 15.2. The third kappa shape index (κ3) is 2.89. The van der Waals surface area contributed by atoms with Crippen molar-refractivity contribution in [1.82, 2.24) is 0 Å². The number of benzene rings is 3. The van der Waals surface area contributed by atoms with Crippen LogP contribution in [0, 0.1) is 20.8 Å². The van der Waals surface area contributed by atoms with Crippen molar-refractivity contribution >= 4 is 0 Å². The number of rotatable bonds is 0. The lowest BCUT2D eigenvalue weighted by Gasteiger charge is -2.12. The minimum Gasteiger partial charge on any atom is -0.0590 e. The van der Waals surface area contributed by atoms with Gasteiger partial charge in [-0.3, -0.25) is 0 Å². The summed E-state index contributed by atoms with van der Waals surface area (Å²) >= 11 is 0. The number of fused-ring (bicyclic) bond motifs is 3. The Bertz CT molecular complexity index is 793. The van der Waals surface area contributed by atoms with Gasteiger partial charge in [-0.25, -0.2) is 0 Å². The molecule has 0 heterocycles. The Balaban J connectivity index is 1.95. The molecule has 1 aliphatic rings. The molecule has 0 radical (unpaired) electrons. The third-order valence-electron chi connectivity index (χ3n) is 5.23. The maximum Gasteiger partial charge on any atom is -0.00200 e. The summed E-state index contributed by atoms with van der Waals surface area (Å²) in [6, 6.07) is 20.9. The Hall–Kier alpha value is -2.34. The van der Waals surface area contributed by atoms with E-state index in [0.29, 0.717) is 0 Å². The van der Waals surface area contributed by atoms with E-state index < -0.39 is 0 Å². The molecule has 0 saturated heterocycles. The Morgan fingerprint density at radius 3 is 1.00 bits per heavy atom. The van der Waals surface area contributed by atoms with Crippen LogP contribution < -0.4 is 0 Å². The van der Waals surface area contributed by atoms with Gasteiger partial charge in [-0.15, -0.1) is 0 Å². The summed E-state index contributed by atoms with van der Waals surface area (Å²) in [6.07, 6.45) is 3.12. The zero-order chi connectivity index (χ0) is 16.7. The van der Waals surface area contributed by atoms with E-state index in [9.17, 15) is 0 Å². The first-order valence-electron chi connectivity index (χ1n) is 8.84. The lowest BCUT2D eigenvalue weighted by Crippen LogP contribution is -1.98. The minimum absolute atomic E-state index is 1.04. The molecule has 3 aromatic rings. The van der Waals surface area contributed by atoms with Crippen molar-refractivity contribution in [2.24, 2.45) is 0 Å². The molecular formula is C24H24. The molecule has 0 spiro atoms. The van der Waals surface area contributed by atoms with Crippen LogP contribution in [0.5, 0.6) is 0 Å². The van der Waals surface area contributed by atoms with Gasteiger partial charge in [0, 0.05) is 0 Å². The standard InChI is InChI=1S/C24H24/c1-16-4-7-19-14-23-11-18(3)6-9-21(23)15-24-12-17(2)5-8-20(24)13-22(19)10-16/h4-12H,13-15H2,1-3H3. The van der Waals surface area contributed by atoms with Crippen LogP contribution in [0.25, 0.3) is 0 Å². The van der Waals surface area contributed by atoms with Crippen LogP contribution in [0.2, 0.25) is 0 Å². The van der Waals surface area contributed by atoms with E-state index in [1.165, 1.54) is 50.1 Å². The molecule has 0 amide bonds. The molecule has 24 heavy (non-hydrogen) atoms. The highest BCUT2D eigenvalue weighted by Crippen LogP contribution is 2.28. The molecule has 0 heteroatoms. The van der Waals surface area contributed by atoms with Gasteiger partial charge in [-0.2, -0.15) is 0 Å². The van der Waals surface area contributed by atoms with E-state index >= 15 is 0 Å². The second-order valence-corrected chi connectivity index (χ2v) is 7.35. The predicted octanol–water partition coefficient (Wildman–Crippen LogP) is 5.70. The van der Waals surface area contributed by atoms with Crippen molar-refractivity contribution < 1.29 is 0 Å². The highest BCUT2D eigenvalue weighted by atomic mass is 14.2. The van der Waals surface area contributed by atoms with Crippen LogP contribution in [0.15, 0.2) is 54.6 Å². The lowest BCUT2D eigenvalue weighted by molar-refractivity contribution is 1.08. The summed E-state index contributed by atoms with van der Waals surface area (Å²) in [5.41, 5.74) is 12.9. The van der Waals surface area contributed by atoms with Gasteiger partial charge >= 0.3 is 0 Å². The molecule has 0 atom stereocenters. The van der Waals surface area contributed by atoms with Gasteiger partial charge in [0.25, 0.3) is 0 Å². The van der Waals surface area contributed by atoms with Crippen molar-refractivity contribution in [3.8, 4) is 0 Å². The zero-order valence-corrected chi connectivity index (χ0v) is 14.8. The summed E-state index contributed by atoms with van der Waals surface area (Å²) < 4.78 is 0. The Labute approximate surface area is 145 Å². The largest absolute Gasteiger partial charge is 0.0590 e. The normalized spacial score (nSPS) is 13.1. The van der Waals surface area contributed by atoms with E-state index in [0.717, 1.165) is 19.3 Å². The van der Waals surface area contributed by atoms with Gasteiger partial charge in [0.05, 0.1) is 0 Å². The van der Waals surface area contributed by atoms with E-state index in [-0.39, 0.29) is 0 Å². The van der Waals surface area contributed by atoms with Crippen molar-refractivity contribution in [3.63, 3.8) is 0 Å². The summed E-state index contributed by atoms with van der Waals surface area (Å²) in [6.45, 7) is 6.59. The van der Waals surface area contributed by atoms with Crippen LogP contribution >= 0.6 is 0 Å². The Kier molecular flexibility index (Phi) is 3.76. The van der Waals surface area contributed by atoms with Gasteiger partial charge in [0.2, 0.25) is 0 Å². The molecule has 0 aromatic heterocycles. The van der Waals surface area contributed by atoms with E-state index in [1.807, 2.05) is 0 Å². The van der Waals surface area contributed by atoms with Crippen molar-refractivity contribution in [2.75, 3.05) is 0 Å². The smallest absolute Gasteiger partial charge is 0.00200 e. The molecule has 1 aliphatic carbocycles. The molecule has 4 rings (SSSR count). The molecule has 0 fully saturated rings. The van der Waals surface area contributed by atoms with Crippen molar-refractivity contribution in [2.45, 2.75) is 40.0 Å². The van der Waals surface area contributed by atoms with Gasteiger partial charge in [0.15, 0.2) is 0 Å².